The number of carbonyl (C=O) groups is 2. The zero-order chi connectivity index (χ0) is 22.6. The van der Waals surface area contributed by atoms with Gasteiger partial charge in [0.15, 0.2) is 0 Å². The molecule has 1 saturated carbocycles. The fraction of sp³-hybridized carbons (Fsp3) is 0.476. The van der Waals surface area contributed by atoms with Gasteiger partial charge in [-0.05, 0) is 30.0 Å². The molecule has 1 aromatic carbocycles. The summed E-state index contributed by atoms with van der Waals surface area (Å²) in [7, 11) is 0. The van der Waals surface area contributed by atoms with Crippen molar-refractivity contribution < 1.29 is 22.8 Å². The van der Waals surface area contributed by atoms with Crippen LogP contribution in [0.25, 0.3) is 11.3 Å². The summed E-state index contributed by atoms with van der Waals surface area (Å²) in [6.07, 6.45) is -0.0201. The fourth-order valence-electron chi connectivity index (χ4n) is 4.61. The molecule has 1 aliphatic carbocycles. The van der Waals surface area contributed by atoms with Crippen molar-refractivity contribution >= 4 is 23.4 Å². The van der Waals surface area contributed by atoms with Crippen LogP contribution in [0.15, 0.2) is 18.2 Å². The molecule has 0 radical (unpaired) electrons. The highest BCUT2D eigenvalue weighted by atomic mass is 35.5. The molecule has 0 saturated heterocycles. The zero-order valence-corrected chi connectivity index (χ0v) is 17.7. The van der Waals surface area contributed by atoms with E-state index in [0.29, 0.717) is 30.8 Å². The highest BCUT2D eigenvalue weighted by molar-refractivity contribution is 6.31. The fourth-order valence-corrected chi connectivity index (χ4v) is 4.79. The number of rotatable bonds is 5. The van der Waals surface area contributed by atoms with Crippen molar-refractivity contribution in [2.45, 2.75) is 51.6 Å². The third-order valence-electron chi connectivity index (χ3n) is 6.32. The molecule has 10 heteroatoms. The largest absolute Gasteiger partial charge is 0.365 e. The second kappa shape index (κ2) is 7.55. The van der Waals surface area contributed by atoms with Crippen molar-refractivity contribution in [1.82, 2.24) is 14.7 Å². The molecule has 1 aromatic heterocycles. The summed E-state index contributed by atoms with van der Waals surface area (Å²) < 4.78 is 42.0. The second-order valence-corrected chi connectivity index (χ2v) is 8.85. The van der Waals surface area contributed by atoms with Gasteiger partial charge in [-0.15, -0.1) is 0 Å². The van der Waals surface area contributed by atoms with Crippen LogP contribution >= 0.6 is 11.6 Å². The van der Waals surface area contributed by atoms with Gasteiger partial charge in [-0.2, -0.15) is 5.10 Å². The number of halogens is 4. The first-order valence-electron chi connectivity index (χ1n) is 10.0. The molecule has 0 bridgehead atoms. The average Bonchev–Trinajstić information content (AvgIpc) is 3.07. The number of nitrogens with two attached hydrogens (primary N) is 1. The predicted octanol–water partition coefficient (Wildman–Crippen LogP) is 4.00. The number of aromatic nitrogens is 2. The Labute approximate surface area is 182 Å². The summed E-state index contributed by atoms with van der Waals surface area (Å²) >= 11 is 5.87. The van der Waals surface area contributed by atoms with Gasteiger partial charge in [0, 0.05) is 31.4 Å². The zero-order valence-electron chi connectivity index (χ0n) is 16.9. The van der Waals surface area contributed by atoms with Crippen molar-refractivity contribution in [3.8, 4) is 11.3 Å². The molecule has 0 unspecified atom stereocenters. The molecule has 0 atom stereocenters. The van der Waals surface area contributed by atoms with Crippen LogP contribution in [0.4, 0.5) is 13.2 Å². The quantitative estimate of drug-likeness (QED) is 0.741. The first-order chi connectivity index (χ1) is 14.5. The number of hydrogen-bond acceptors (Lipinski definition) is 3. The molecule has 0 spiro atoms. The molecule has 2 aliphatic rings. The maximum atomic E-state index is 13.5. The van der Waals surface area contributed by atoms with Crippen LogP contribution in [-0.2, 0) is 17.9 Å². The van der Waals surface area contributed by atoms with E-state index in [4.69, 9.17) is 17.3 Å². The smallest absolute Gasteiger partial charge is 0.252 e. The number of fused-ring (bicyclic) bond motifs is 1. The lowest BCUT2D eigenvalue weighted by molar-refractivity contribution is -0.173. The summed E-state index contributed by atoms with van der Waals surface area (Å²) in [5, 5.41) is 4.33. The van der Waals surface area contributed by atoms with Gasteiger partial charge < -0.3 is 10.6 Å². The van der Waals surface area contributed by atoms with E-state index in [9.17, 15) is 22.8 Å². The van der Waals surface area contributed by atoms with Gasteiger partial charge in [0.05, 0.1) is 29.4 Å². The van der Waals surface area contributed by atoms with Gasteiger partial charge in [-0.25, -0.2) is 13.2 Å². The molecule has 2 aromatic rings. The normalized spacial score (nSPS) is 18.9. The number of benzene rings is 1. The molecule has 31 heavy (non-hydrogen) atoms. The Morgan fingerprint density at radius 2 is 1.97 bits per heavy atom. The monoisotopic (exact) mass is 454 g/mol. The minimum absolute atomic E-state index is 0.0412. The Kier molecular flexibility index (Phi) is 5.28. The average molecular weight is 455 g/mol. The molecular weight excluding hydrogens is 433 g/mol. The van der Waals surface area contributed by atoms with Crippen LogP contribution in [0.2, 0.25) is 5.02 Å². The summed E-state index contributed by atoms with van der Waals surface area (Å²) in [6.45, 7) is 2.57. The topological polar surface area (TPSA) is 81.2 Å². The minimum Gasteiger partial charge on any atom is -0.365 e. The maximum Gasteiger partial charge on any atom is 0.252 e. The summed E-state index contributed by atoms with van der Waals surface area (Å²) in [5.74, 6) is -4.26. The summed E-state index contributed by atoms with van der Waals surface area (Å²) in [4.78, 5) is 26.7. The van der Waals surface area contributed by atoms with Crippen LogP contribution in [0.5, 0.6) is 0 Å². The molecular formula is C21H22ClF3N4O2. The number of hydrogen-bond donors (Lipinski definition) is 1. The van der Waals surface area contributed by atoms with E-state index in [1.54, 1.807) is 9.58 Å². The number of alkyl halides is 2. The van der Waals surface area contributed by atoms with Gasteiger partial charge in [0.25, 0.3) is 5.91 Å². The first kappa shape index (κ1) is 21.7. The molecule has 6 nitrogen and oxygen atoms in total. The highest BCUT2D eigenvalue weighted by Gasteiger charge is 2.56. The Bertz CT molecular complexity index is 1060. The third-order valence-corrected chi connectivity index (χ3v) is 6.61. The van der Waals surface area contributed by atoms with Crippen molar-refractivity contribution in [2.24, 2.45) is 11.1 Å². The van der Waals surface area contributed by atoms with Gasteiger partial charge >= 0.3 is 0 Å². The van der Waals surface area contributed by atoms with Crippen molar-refractivity contribution in [2.75, 3.05) is 6.54 Å². The first-order valence-corrected chi connectivity index (χ1v) is 10.4. The van der Waals surface area contributed by atoms with E-state index in [2.05, 4.69) is 5.10 Å². The van der Waals surface area contributed by atoms with Crippen LogP contribution in [0.1, 0.15) is 48.7 Å². The van der Waals surface area contributed by atoms with Crippen molar-refractivity contribution in [3.63, 3.8) is 0 Å². The van der Waals surface area contributed by atoms with Crippen LogP contribution in [-0.4, -0.2) is 39.0 Å². The minimum atomic E-state index is -2.71. The number of carbonyl (C=O) groups excluding carboxylic acids is 2. The highest BCUT2D eigenvalue weighted by Crippen LogP contribution is 2.56. The summed E-state index contributed by atoms with van der Waals surface area (Å²) in [6, 6.07) is 3.99. The van der Waals surface area contributed by atoms with Gasteiger partial charge in [-0.3, -0.25) is 14.3 Å². The lowest BCUT2D eigenvalue weighted by Crippen LogP contribution is -2.49. The molecule has 4 rings (SSSR count). The number of primary amides is 1. The van der Waals surface area contributed by atoms with Gasteiger partial charge in [0.2, 0.25) is 11.8 Å². The maximum absolute atomic E-state index is 13.5. The van der Waals surface area contributed by atoms with Gasteiger partial charge in [0.1, 0.15) is 11.5 Å². The molecule has 2 N–H and O–H groups in total. The predicted molar refractivity (Wildman–Crippen MR) is 108 cm³/mol. The molecule has 2 amide bonds. The lowest BCUT2D eigenvalue weighted by Gasteiger charge is -2.47. The number of nitrogens with zero attached hydrogens (tertiary/aromatic N) is 3. The summed E-state index contributed by atoms with van der Waals surface area (Å²) in [5.41, 5.74) is 6.23. The van der Waals surface area contributed by atoms with E-state index in [-0.39, 0.29) is 48.0 Å². The Hall–Kier alpha value is -2.55. The van der Waals surface area contributed by atoms with E-state index < -0.39 is 23.1 Å². The number of amides is 2. The molecule has 1 fully saturated rings. The molecule has 2 heterocycles. The van der Waals surface area contributed by atoms with Crippen molar-refractivity contribution in [3.05, 3.63) is 40.3 Å². The lowest BCUT2D eigenvalue weighted by atomic mass is 9.62. The SMILES string of the molecule is CCC1(CC(=O)N2CCn3nc(-c4ccc(F)c(Cl)c4)c(C(N)=O)c3C2)CC(F)(F)C1. The van der Waals surface area contributed by atoms with Crippen molar-refractivity contribution in [1.29, 1.82) is 0 Å². The third kappa shape index (κ3) is 3.91. The van der Waals surface area contributed by atoms with Crippen LogP contribution in [0.3, 0.4) is 0 Å². The van der Waals surface area contributed by atoms with E-state index in [1.807, 2.05) is 6.92 Å². The molecule has 166 valence electrons. The Morgan fingerprint density at radius 1 is 1.26 bits per heavy atom. The second-order valence-electron chi connectivity index (χ2n) is 8.44. The van der Waals surface area contributed by atoms with Gasteiger partial charge in [-0.1, -0.05) is 18.5 Å². The van der Waals surface area contributed by atoms with Crippen LogP contribution in [0, 0.1) is 11.2 Å². The molecule has 1 aliphatic heterocycles. The van der Waals surface area contributed by atoms with E-state index >= 15 is 0 Å². The Balaban J connectivity index is 1.60. The van der Waals surface area contributed by atoms with E-state index in [0.717, 1.165) is 0 Å². The van der Waals surface area contributed by atoms with E-state index in [1.165, 1.54) is 18.2 Å². The standard InChI is InChI=1S/C21H22ClF3N4O2/c1-2-20(10-21(24,25)11-20)8-16(30)28-5-6-29-15(9-28)17(19(26)31)18(27-29)12-3-4-14(23)13(22)7-12/h3-4,7H,2,5-6,8-11H2,1H3,(H2,26,31). The Morgan fingerprint density at radius 3 is 2.55 bits per heavy atom. The van der Waals surface area contributed by atoms with Crippen LogP contribution < -0.4 is 5.73 Å².